The second-order valence-corrected chi connectivity index (χ2v) is 5.84. The molecule has 0 aliphatic carbocycles. The van der Waals surface area contributed by atoms with Gasteiger partial charge in [0.1, 0.15) is 5.75 Å². The van der Waals surface area contributed by atoms with E-state index in [1.165, 1.54) is 0 Å². The molecule has 0 aromatic heterocycles. The Hall–Kier alpha value is -1.10. The average molecular weight is 280 g/mol. The summed E-state index contributed by atoms with van der Waals surface area (Å²) < 4.78 is 16.7. The summed E-state index contributed by atoms with van der Waals surface area (Å²) in [7, 11) is 3.34. The molecule has 0 unspecified atom stereocenters. The minimum absolute atomic E-state index is 0.0312. The highest BCUT2D eigenvalue weighted by molar-refractivity contribution is 5.42. The van der Waals surface area contributed by atoms with Gasteiger partial charge in [-0.25, -0.2) is 0 Å². The normalized spacial score (nSPS) is 18.8. The number of fused-ring (bicyclic) bond motifs is 1. The Labute approximate surface area is 120 Å². The van der Waals surface area contributed by atoms with Gasteiger partial charge in [0.25, 0.3) is 0 Å². The van der Waals surface area contributed by atoms with Gasteiger partial charge < -0.3 is 19.3 Å². The number of aliphatic hydroxyl groups is 1. The van der Waals surface area contributed by atoms with Crippen molar-refractivity contribution in [2.24, 2.45) is 5.41 Å². The second-order valence-electron chi connectivity index (χ2n) is 5.84. The molecular weight excluding hydrogens is 256 g/mol. The van der Waals surface area contributed by atoms with Crippen LogP contribution in [0.4, 0.5) is 0 Å². The summed E-state index contributed by atoms with van der Waals surface area (Å²) in [5.41, 5.74) is 1.87. The van der Waals surface area contributed by atoms with Crippen molar-refractivity contribution in [1.82, 2.24) is 0 Å². The van der Waals surface area contributed by atoms with Gasteiger partial charge in [-0.3, -0.25) is 0 Å². The third kappa shape index (κ3) is 2.68. The van der Waals surface area contributed by atoms with Crippen LogP contribution in [0.2, 0.25) is 0 Å². The standard InChI is InChI=1S/C16H24O4/c1-16(2,15(18-3)19-4)13-7-8-20-14-9-11(10-17)5-6-12(13)14/h5-6,9,13,15,17H,7-8,10H2,1-4H3/t13-/m0/s1. The second kappa shape index (κ2) is 6.12. The van der Waals surface area contributed by atoms with Crippen molar-refractivity contribution in [3.8, 4) is 5.75 Å². The number of ether oxygens (including phenoxy) is 3. The molecule has 0 saturated carbocycles. The van der Waals surface area contributed by atoms with Crippen molar-refractivity contribution in [2.45, 2.75) is 39.1 Å². The zero-order chi connectivity index (χ0) is 14.8. The molecule has 4 heteroatoms. The van der Waals surface area contributed by atoms with Gasteiger partial charge >= 0.3 is 0 Å². The molecule has 112 valence electrons. The smallest absolute Gasteiger partial charge is 0.162 e. The first-order valence-corrected chi connectivity index (χ1v) is 6.96. The molecule has 0 amide bonds. The molecular formula is C16H24O4. The van der Waals surface area contributed by atoms with E-state index in [9.17, 15) is 5.11 Å². The van der Waals surface area contributed by atoms with Crippen molar-refractivity contribution < 1.29 is 19.3 Å². The van der Waals surface area contributed by atoms with E-state index in [1.807, 2.05) is 12.1 Å². The molecule has 1 aromatic rings. The van der Waals surface area contributed by atoms with Crippen molar-refractivity contribution in [3.63, 3.8) is 0 Å². The first-order valence-electron chi connectivity index (χ1n) is 6.96. The SMILES string of the molecule is COC(OC)C(C)(C)[C@H]1CCOc2cc(CO)ccc21. The quantitative estimate of drug-likeness (QED) is 0.842. The molecule has 4 nitrogen and oxygen atoms in total. The van der Waals surface area contributed by atoms with Crippen LogP contribution in [0, 0.1) is 5.41 Å². The Morgan fingerprint density at radius 2 is 2.05 bits per heavy atom. The number of methoxy groups -OCH3 is 2. The first-order chi connectivity index (χ1) is 9.54. The Morgan fingerprint density at radius 3 is 2.65 bits per heavy atom. The van der Waals surface area contributed by atoms with Gasteiger partial charge in [0, 0.05) is 25.6 Å². The topological polar surface area (TPSA) is 47.9 Å². The molecule has 0 spiro atoms. The monoisotopic (exact) mass is 280 g/mol. The highest BCUT2D eigenvalue weighted by Crippen LogP contribution is 2.47. The van der Waals surface area contributed by atoms with Crippen LogP contribution in [0.15, 0.2) is 18.2 Å². The number of benzene rings is 1. The molecule has 1 heterocycles. The Bertz CT molecular complexity index is 452. The van der Waals surface area contributed by atoms with Gasteiger partial charge in [0.15, 0.2) is 6.29 Å². The van der Waals surface area contributed by atoms with E-state index in [2.05, 4.69) is 19.9 Å². The summed E-state index contributed by atoms with van der Waals surface area (Å²) in [6.07, 6.45) is 0.665. The molecule has 1 aliphatic rings. The van der Waals surface area contributed by atoms with Gasteiger partial charge in [-0.15, -0.1) is 0 Å². The van der Waals surface area contributed by atoms with Crippen molar-refractivity contribution >= 4 is 0 Å². The highest BCUT2D eigenvalue weighted by atomic mass is 16.7. The van der Waals surface area contributed by atoms with E-state index in [1.54, 1.807) is 14.2 Å². The Kier molecular flexibility index (Phi) is 4.68. The lowest BCUT2D eigenvalue weighted by Gasteiger charge is -2.41. The van der Waals surface area contributed by atoms with Gasteiger partial charge in [0.05, 0.1) is 13.2 Å². The van der Waals surface area contributed by atoms with Gasteiger partial charge in [0.2, 0.25) is 0 Å². The van der Waals surface area contributed by atoms with E-state index >= 15 is 0 Å². The van der Waals surface area contributed by atoms with Crippen LogP contribution in [0.3, 0.4) is 0 Å². The van der Waals surface area contributed by atoms with E-state index in [-0.39, 0.29) is 18.3 Å². The summed E-state index contributed by atoms with van der Waals surface area (Å²) in [5.74, 6) is 1.16. The molecule has 0 bridgehead atoms. The summed E-state index contributed by atoms with van der Waals surface area (Å²) >= 11 is 0. The summed E-state index contributed by atoms with van der Waals surface area (Å²) in [6, 6.07) is 5.92. The third-order valence-electron chi connectivity index (χ3n) is 4.23. The Morgan fingerprint density at radius 1 is 1.35 bits per heavy atom. The van der Waals surface area contributed by atoms with Crippen molar-refractivity contribution in [2.75, 3.05) is 20.8 Å². The van der Waals surface area contributed by atoms with Crippen LogP contribution in [0.1, 0.15) is 37.3 Å². The van der Waals surface area contributed by atoms with Crippen molar-refractivity contribution in [3.05, 3.63) is 29.3 Å². The van der Waals surface area contributed by atoms with Crippen LogP contribution >= 0.6 is 0 Å². The van der Waals surface area contributed by atoms with Crippen LogP contribution in [0.5, 0.6) is 5.75 Å². The number of rotatable bonds is 5. The number of hydrogen-bond donors (Lipinski definition) is 1. The van der Waals surface area contributed by atoms with Gasteiger partial charge in [-0.05, 0) is 23.6 Å². The first kappa shape index (κ1) is 15.3. The molecule has 1 N–H and O–H groups in total. The van der Waals surface area contributed by atoms with Gasteiger partial charge in [-0.2, -0.15) is 0 Å². The summed E-state index contributed by atoms with van der Waals surface area (Å²) in [6.45, 7) is 5.02. The third-order valence-corrected chi connectivity index (χ3v) is 4.23. The molecule has 20 heavy (non-hydrogen) atoms. The van der Waals surface area contributed by atoms with Crippen LogP contribution in [-0.2, 0) is 16.1 Å². The molecule has 1 atom stereocenters. The van der Waals surface area contributed by atoms with E-state index in [0.717, 1.165) is 23.3 Å². The fourth-order valence-electron chi connectivity index (χ4n) is 3.17. The van der Waals surface area contributed by atoms with E-state index < -0.39 is 0 Å². The molecule has 0 fully saturated rings. The maximum atomic E-state index is 9.23. The Balaban J connectivity index is 2.36. The largest absolute Gasteiger partial charge is 0.493 e. The number of aliphatic hydroxyl groups excluding tert-OH is 1. The fourth-order valence-corrected chi connectivity index (χ4v) is 3.17. The predicted octanol–water partition coefficient (Wildman–Crippen LogP) is 2.69. The van der Waals surface area contributed by atoms with E-state index in [0.29, 0.717) is 12.5 Å². The molecule has 2 rings (SSSR count). The predicted molar refractivity (Wildman–Crippen MR) is 76.8 cm³/mol. The summed E-state index contributed by atoms with van der Waals surface area (Å²) in [4.78, 5) is 0. The zero-order valence-electron chi connectivity index (χ0n) is 12.7. The van der Waals surface area contributed by atoms with Crippen molar-refractivity contribution in [1.29, 1.82) is 0 Å². The molecule has 1 aliphatic heterocycles. The van der Waals surface area contributed by atoms with Crippen LogP contribution in [-0.4, -0.2) is 32.2 Å². The lowest BCUT2D eigenvalue weighted by molar-refractivity contribution is -0.176. The summed E-state index contributed by atoms with van der Waals surface area (Å²) in [5, 5.41) is 9.23. The maximum Gasteiger partial charge on any atom is 0.162 e. The average Bonchev–Trinajstić information content (AvgIpc) is 2.46. The van der Waals surface area contributed by atoms with Gasteiger partial charge in [-0.1, -0.05) is 26.0 Å². The van der Waals surface area contributed by atoms with Crippen LogP contribution < -0.4 is 4.74 Å². The number of hydrogen-bond acceptors (Lipinski definition) is 4. The highest BCUT2D eigenvalue weighted by Gasteiger charge is 2.41. The van der Waals surface area contributed by atoms with E-state index in [4.69, 9.17) is 14.2 Å². The zero-order valence-corrected chi connectivity index (χ0v) is 12.7. The maximum absolute atomic E-state index is 9.23. The van der Waals surface area contributed by atoms with Crippen LogP contribution in [0.25, 0.3) is 0 Å². The lowest BCUT2D eigenvalue weighted by atomic mass is 9.71. The fraction of sp³-hybridized carbons (Fsp3) is 0.625. The minimum Gasteiger partial charge on any atom is -0.493 e. The molecule has 1 aromatic carbocycles. The lowest BCUT2D eigenvalue weighted by Crippen LogP contribution is -2.40. The minimum atomic E-state index is -0.268. The molecule has 0 radical (unpaired) electrons. The molecule has 0 saturated heterocycles.